The molecule has 2 rings (SSSR count). The molecule has 0 radical (unpaired) electrons. The van der Waals surface area contributed by atoms with Gasteiger partial charge in [0.25, 0.3) is 11.8 Å². The number of amides is 2. The van der Waals surface area contributed by atoms with Crippen molar-refractivity contribution < 1.29 is 18.8 Å². The topological polar surface area (TPSA) is 84.7 Å². The average Bonchev–Trinajstić information content (AvgIpc) is 3.20. The van der Waals surface area contributed by atoms with Crippen molar-refractivity contribution in [3.05, 3.63) is 47.9 Å². The fraction of sp³-hybridized carbons (Fsp3) is 0.500. The molecule has 0 unspecified atom stereocenters. The predicted molar refractivity (Wildman–Crippen MR) is 111 cm³/mol. The van der Waals surface area contributed by atoms with Crippen LogP contribution in [0.5, 0.6) is 5.75 Å². The highest BCUT2D eigenvalue weighted by atomic mass is 16.5. The van der Waals surface area contributed by atoms with E-state index in [0.29, 0.717) is 24.0 Å². The fourth-order valence-electron chi connectivity index (χ4n) is 2.94. The number of benzene rings is 1. The van der Waals surface area contributed by atoms with Gasteiger partial charge in [0.2, 0.25) is 0 Å². The van der Waals surface area contributed by atoms with Gasteiger partial charge in [-0.3, -0.25) is 9.59 Å². The van der Waals surface area contributed by atoms with Crippen LogP contribution in [0.15, 0.2) is 40.9 Å². The first-order chi connectivity index (χ1) is 13.9. The number of hydrogen-bond acceptors (Lipinski definition) is 5. The van der Waals surface area contributed by atoms with E-state index in [2.05, 4.69) is 10.5 Å². The van der Waals surface area contributed by atoms with Crippen LogP contribution in [0.1, 0.15) is 56.8 Å². The first-order valence-electron chi connectivity index (χ1n) is 10.2. The maximum atomic E-state index is 12.9. The Morgan fingerprint density at radius 2 is 1.86 bits per heavy atom. The molecule has 0 saturated carbocycles. The summed E-state index contributed by atoms with van der Waals surface area (Å²) in [5.74, 6) is 1.05. The molecule has 7 heteroatoms. The maximum absolute atomic E-state index is 12.9. The molecule has 158 valence electrons. The number of carbonyl (C=O) groups is 2. The van der Waals surface area contributed by atoms with E-state index in [0.717, 1.165) is 12.8 Å². The van der Waals surface area contributed by atoms with Crippen molar-refractivity contribution in [1.29, 1.82) is 0 Å². The van der Waals surface area contributed by atoms with E-state index in [1.807, 2.05) is 58.0 Å². The molecule has 0 aliphatic carbocycles. The molecule has 7 nitrogen and oxygen atoms in total. The second kappa shape index (κ2) is 11.2. The van der Waals surface area contributed by atoms with Crippen LogP contribution in [0.2, 0.25) is 0 Å². The fourth-order valence-corrected chi connectivity index (χ4v) is 2.94. The molecule has 1 aromatic carbocycles. The Hall–Kier alpha value is -2.83. The lowest BCUT2D eigenvalue weighted by Gasteiger charge is -2.29. The Balaban J connectivity index is 2.04. The van der Waals surface area contributed by atoms with Gasteiger partial charge in [0.15, 0.2) is 18.1 Å². The summed E-state index contributed by atoms with van der Waals surface area (Å²) in [5, 5.41) is 6.66. The summed E-state index contributed by atoms with van der Waals surface area (Å²) in [5.41, 5.74) is 0.220. The molecule has 2 aromatic rings. The highest BCUT2D eigenvalue weighted by Crippen LogP contribution is 2.16. The van der Waals surface area contributed by atoms with Crippen molar-refractivity contribution >= 4 is 11.8 Å². The number of nitrogens with one attached hydrogen (secondary N) is 1. The van der Waals surface area contributed by atoms with Crippen LogP contribution in [0.25, 0.3) is 0 Å². The first kappa shape index (κ1) is 22.5. The molecule has 0 bridgehead atoms. The molecular weight excluding hydrogens is 370 g/mol. The van der Waals surface area contributed by atoms with Crippen LogP contribution >= 0.6 is 0 Å². The Kier molecular flexibility index (Phi) is 8.70. The minimum absolute atomic E-state index is 0.0465. The van der Waals surface area contributed by atoms with Gasteiger partial charge in [0.05, 0.1) is 6.54 Å². The number of aromatic nitrogens is 1. The summed E-state index contributed by atoms with van der Waals surface area (Å²) >= 11 is 0. The molecule has 1 heterocycles. The third-order valence-electron chi connectivity index (χ3n) is 4.60. The van der Waals surface area contributed by atoms with E-state index in [-0.39, 0.29) is 36.7 Å². The number of carbonyl (C=O) groups excluding carboxylic acids is 2. The molecule has 1 aromatic heterocycles. The van der Waals surface area contributed by atoms with Crippen molar-refractivity contribution in [1.82, 2.24) is 15.4 Å². The van der Waals surface area contributed by atoms with Gasteiger partial charge in [0.1, 0.15) is 5.75 Å². The van der Waals surface area contributed by atoms with Crippen molar-refractivity contribution in [2.24, 2.45) is 5.92 Å². The smallest absolute Gasteiger partial charge is 0.273 e. The van der Waals surface area contributed by atoms with Gasteiger partial charge >= 0.3 is 0 Å². The van der Waals surface area contributed by atoms with Crippen LogP contribution in [0, 0.1) is 5.92 Å². The lowest BCUT2D eigenvalue weighted by molar-refractivity contribution is -0.137. The van der Waals surface area contributed by atoms with Gasteiger partial charge in [-0.05, 0) is 30.9 Å². The second-order valence-electron chi connectivity index (χ2n) is 7.38. The largest absolute Gasteiger partial charge is 0.484 e. The predicted octanol–water partition coefficient (Wildman–Crippen LogP) is 3.66. The number of hydrogen-bond donors (Lipinski definition) is 1. The van der Waals surface area contributed by atoms with Gasteiger partial charge in [0, 0.05) is 18.7 Å². The molecule has 0 atom stereocenters. The third-order valence-corrected chi connectivity index (χ3v) is 4.60. The summed E-state index contributed by atoms with van der Waals surface area (Å²) in [7, 11) is 0. The van der Waals surface area contributed by atoms with E-state index in [1.165, 1.54) is 0 Å². The van der Waals surface area contributed by atoms with Crippen LogP contribution in [-0.2, 0) is 11.3 Å². The molecular formula is C22H31N3O4. The SMILES string of the molecule is CCC(CC)N(Cc1cc(C(=O)NCC(C)C)no1)C(=O)COc1ccccc1. The van der Waals surface area contributed by atoms with Crippen molar-refractivity contribution in [3.63, 3.8) is 0 Å². The van der Waals surface area contributed by atoms with Gasteiger partial charge in [-0.15, -0.1) is 0 Å². The standard InChI is InChI=1S/C22H31N3O4/c1-5-17(6-2)25(21(26)15-28-18-10-8-7-9-11-18)14-19-12-20(24-29-19)22(27)23-13-16(3)4/h7-12,16-17H,5-6,13-15H2,1-4H3,(H,23,27). The zero-order valence-electron chi connectivity index (χ0n) is 17.7. The summed E-state index contributed by atoms with van der Waals surface area (Å²) in [6.45, 7) is 8.87. The molecule has 0 aliphatic rings. The van der Waals surface area contributed by atoms with Crippen LogP contribution in [0.3, 0.4) is 0 Å². The van der Waals surface area contributed by atoms with Crippen molar-refractivity contribution in [2.45, 2.75) is 53.1 Å². The minimum Gasteiger partial charge on any atom is -0.484 e. The number of ether oxygens (including phenoxy) is 1. The van der Waals surface area contributed by atoms with E-state index in [9.17, 15) is 9.59 Å². The summed E-state index contributed by atoms with van der Waals surface area (Å²) in [6, 6.07) is 10.9. The third kappa shape index (κ3) is 6.93. The quantitative estimate of drug-likeness (QED) is 0.621. The van der Waals surface area contributed by atoms with Crippen molar-refractivity contribution in [2.75, 3.05) is 13.2 Å². The molecule has 0 saturated heterocycles. The maximum Gasteiger partial charge on any atom is 0.273 e. The minimum atomic E-state index is -0.276. The van der Waals surface area contributed by atoms with E-state index in [1.54, 1.807) is 11.0 Å². The van der Waals surface area contributed by atoms with Crippen LogP contribution < -0.4 is 10.1 Å². The Morgan fingerprint density at radius 1 is 1.17 bits per heavy atom. The summed E-state index contributed by atoms with van der Waals surface area (Å²) in [4.78, 5) is 26.7. The lowest BCUT2D eigenvalue weighted by atomic mass is 10.1. The normalized spacial score (nSPS) is 11.0. The zero-order chi connectivity index (χ0) is 21.2. The Morgan fingerprint density at radius 3 is 2.48 bits per heavy atom. The van der Waals surface area contributed by atoms with Gasteiger partial charge in [-0.25, -0.2) is 0 Å². The summed E-state index contributed by atoms with van der Waals surface area (Å²) < 4.78 is 11.0. The lowest BCUT2D eigenvalue weighted by Crippen LogP contribution is -2.41. The number of para-hydroxylation sites is 1. The number of rotatable bonds is 11. The molecule has 29 heavy (non-hydrogen) atoms. The van der Waals surface area contributed by atoms with Gasteiger partial charge in [-0.1, -0.05) is 51.1 Å². The Labute approximate surface area is 172 Å². The first-order valence-corrected chi connectivity index (χ1v) is 10.2. The summed E-state index contributed by atoms with van der Waals surface area (Å²) in [6.07, 6.45) is 1.62. The molecule has 1 N–H and O–H groups in total. The van der Waals surface area contributed by atoms with Gasteiger partial charge < -0.3 is 19.5 Å². The number of nitrogens with zero attached hydrogens (tertiary/aromatic N) is 2. The molecule has 0 spiro atoms. The molecule has 2 amide bonds. The van der Waals surface area contributed by atoms with E-state index < -0.39 is 0 Å². The van der Waals surface area contributed by atoms with Crippen LogP contribution in [-0.4, -0.2) is 41.1 Å². The van der Waals surface area contributed by atoms with Gasteiger partial charge in [-0.2, -0.15) is 0 Å². The van der Waals surface area contributed by atoms with Crippen LogP contribution in [0.4, 0.5) is 0 Å². The highest BCUT2D eigenvalue weighted by molar-refractivity contribution is 5.92. The van der Waals surface area contributed by atoms with Crippen molar-refractivity contribution in [3.8, 4) is 5.75 Å². The highest BCUT2D eigenvalue weighted by Gasteiger charge is 2.24. The van der Waals surface area contributed by atoms with E-state index in [4.69, 9.17) is 9.26 Å². The monoisotopic (exact) mass is 401 g/mol. The Bertz CT molecular complexity index is 769. The van der Waals surface area contributed by atoms with E-state index >= 15 is 0 Å². The zero-order valence-corrected chi connectivity index (χ0v) is 17.7. The molecule has 0 aliphatic heterocycles. The molecule has 0 fully saturated rings. The second-order valence-corrected chi connectivity index (χ2v) is 7.38. The average molecular weight is 402 g/mol.